The van der Waals surface area contributed by atoms with Crippen molar-refractivity contribution in [3.63, 3.8) is 0 Å². The van der Waals surface area contributed by atoms with E-state index in [0.29, 0.717) is 16.6 Å². The minimum Gasteiger partial charge on any atom is -0.478 e. The Kier molecular flexibility index (Phi) is 2.99. The van der Waals surface area contributed by atoms with Crippen molar-refractivity contribution in [2.24, 2.45) is 0 Å². The SMILES string of the molecule is Cc1ccsc1-c1cc(C(=O)O)c2cc(F)ccc2n1. The lowest BCUT2D eigenvalue weighted by molar-refractivity contribution is 0.0699. The summed E-state index contributed by atoms with van der Waals surface area (Å²) in [5, 5.41) is 11.6. The molecule has 0 saturated carbocycles. The zero-order valence-corrected chi connectivity index (χ0v) is 11.4. The monoisotopic (exact) mass is 287 g/mol. The first kappa shape index (κ1) is 12.7. The van der Waals surface area contributed by atoms with Gasteiger partial charge in [-0.05, 0) is 48.2 Å². The number of hydrogen-bond donors (Lipinski definition) is 1. The molecule has 0 aliphatic carbocycles. The molecule has 5 heteroatoms. The number of benzene rings is 1. The normalized spacial score (nSPS) is 10.9. The molecular formula is C15H10FNO2S. The number of aromatic carboxylic acids is 1. The van der Waals surface area contributed by atoms with Crippen molar-refractivity contribution in [3.8, 4) is 10.6 Å². The summed E-state index contributed by atoms with van der Waals surface area (Å²) in [7, 11) is 0. The Balaban J connectivity index is 2.34. The van der Waals surface area contributed by atoms with E-state index in [1.165, 1.54) is 35.6 Å². The van der Waals surface area contributed by atoms with Gasteiger partial charge >= 0.3 is 5.97 Å². The summed E-state index contributed by atoms with van der Waals surface area (Å²) in [5.74, 6) is -1.56. The summed E-state index contributed by atoms with van der Waals surface area (Å²) in [5.41, 5.74) is 2.20. The van der Waals surface area contributed by atoms with Crippen molar-refractivity contribution in [3.05, 3.63) is 52.7 Å². The zero-order chi connectivity index (χ0) is 14.3. The Morgan fingerprint density at radius 3 is 2.75 bits per heavy atom. The van der Waals surface area contributed by atoms with E-state index in [1.54, 1.807) is 0 Å². The third-order valence-corrected chi connectivity index (χ3v) is 4.13. The van der Waals surface area contributed by atoms with Crippen LogP contribution in [0.5, 0.6) is 0 Å². The summed E-state index contributed by atoms with van der Waals surface area (Å²) >= 11 is 1.51. The number of aryl methyl sites for hydroxylation is 1. The number of fused-ring (bicyclic) bond motifs is 1. The van der Waals surface area contributed by atoms with Crippen LogP contribution < -0.4 is 0 Å². The molecule has 100 valence electrons. The van der Waals surface area contributed by atoms with Gasteiger partial charge in [-0.1, -0.05) is 0 Å². The average molecular weight is 287 g/mol. The van der Waals surface area contributed by atoms with Crippen LogP contribution in [0.3, 0.4) is 0 Å². The van der Waals surface area contributed by atoms with Gasteiger partial charge in [0.1, 0.15) is 5.82 Å². The maximum atomic E-state index is 13.3. The number of halogens is 1. The quantitative estimate of drug-likeness (QED) is 0.771. The van der Waals surface area contributed by atoms with Crippen LogP contribution in [0.4, 0.5) is 4.39 Å². The summed E-state index contributed by atoms with van der Waals surface area (Å²) in [6.07, 6.45) is 0. The van der Waals surface area contributed by atoms with Gasteiger partial charge in [0.15, 0.2) is 0 Å². The Morgan fingerprint density at radius 1 is 1.30 bits per heavy atom. The predicted molar refractivity (Wildman–Crippen MR) is 76.7 cm³/mol. The molecule has 3 aromatic rings. The molecule has 0 spiro atoms. The largest absolute Gasteiger partial charge is 0.478 e. The molecule has 1 N–H and O–H groups in total. The first-order valence-electron chi connectivity index (χ1n) is 5.94. The van der Waals surface area contributed by atoms with Crippen molar-refractivity contribution >= 4 is 28.2 Å². The van der Waals surface area contributed by atoms with E-state index in [1.807, 2.05) is 18.4 Å². The number of thiophene rings is 1. The summed E-state index contributed by atoms with van der Waals surface area (Å²) in [6, 6.07) is 7.45. The molecule has 0 radical (unpaired) electrons. The average Bonchev–Trinajstić information content (AvgIpc) is 2.83. The van der Waals surface area contributed by atoms with Gasteiger partial charge in [-0.15, -0.1) is 11.3 Å². The van der Waals surface area contributed by atoms with Crippen LogP contribution in [-0.4, -0.2) is 16.1 Å². The summed E-state index contributed by atoms with van der Waals surface area (Å²) < 4.78 is 13.3. The number of rotatable bonds is 2. The van der Waals surface area contributed by atoms with E-state index >= 15 is 0 Å². The van der Waals surface area contributed by atoms with Gasteiger partial charge < -0.3 is 5.11 Å². The van der Waals surface area contributed by atoms with Crippen LogP contribution in [-0.2, 0) is 0 Å². The maximum absolute atomic E-state index is 13.3. The fourth-order valence-electron chi connectivity index (χ4n) is 2.13. The lowest BCUT2D eigenvalue weighted by Gasteiger charge is -2.06. The third kappa shape index (κ3) is 2.06. The van der Waals surface area contributed by atoms with Gasteiger partial charge in [0.25, 0.3) is 0 Å². The van der Waals surface area contributed by atoms with Gasteiger partial charge in [-0.2, -0.15) is 0 Å². The molecule has 1 aromatic carbocycles. The minimum atomic E-state index is -1.08. The molecule has 0 amide bonds. The van der Waals surface area contributed by atoms with Crippen LogP contribution in [0.2, 0.25) is 0 Å². The molecule has 0 bridgehead atoms. The van der Waals surface area contributed by atoms with E-state index in [-0.39, 0.29) is 5.56 Å². The van der Waals surface area contributed by atoms with Gasteiger partial charge in [0, 0.05) is 5.39 Å². The Hall–Kier alpha value is -2.27. The first-order chi connectivity index (χ1) is 9.56. The second kappa shape index (κ2) is 4.68. The molecule has 20 heavy (non-hydrogen) atoms. The number of aromatic nitrogens is 1. The summed E-state index contributed by atoms with van der Waals surface area (Å²) in [6.45, 7) is 1.95. The Morgan fingerprint density at radius 2 is 2.10 bits per heavy atom. The van der Waals surface area contributed by atoms with Crippen LogP contribution in [0, 0.1) is 12.7 Å². The standard InChI is InChI=1S/C15H10FNO2S/c1-8-4-5-20-14(8)13-7-11(15(18)19)10-6-9(16)2-3-12(10)17-13/h2-7H,1H3,(H,18,19). The minimum absolute atomic E-state index is 0.0669. The van der Waals surface area contributed by atoms with Crippen LogP contribution >= 0.6 is 11.3 Å². The second-order valence-corrected chi connectivity index (χ2v) is 5.37. The van der Waals surface area contributed by atoms with E-state index in [2.05, 4.69) is 4.98 Å². The van der Waals surface area contributed by atoms with Crippen molar-refractivity contribution < 1.29 is 14.3 Å². The molecule has 3 rings (SSSR count). The molecule has 0 unspecified atom stereocenters. The summed E-state index contributed by atoms with van der Waals surface area (Å²) in [4.78, 5) is 16.8. The maximum Gasteiger partial charge on any atom is 0.336 e. The molecule has 2 aromatic heterocycles. The van der Waals surface area contributed by atoms with Gasteiger partial charge in [-0.25, -0.2) is 14.2 Å². The molecule has 0 aliphatic heterocycles. The molecule has 0 atom stereocenters. The van der Waals surface area contributed by atoms with Gasteiger partial charge in [0.2, 0.25) is 0 Å². The number of pyridine rings is 1. The number of carbonyl (C=O) groups is 1. The predicted octanol–water partition coefficient (Wildman–Crippen LogP) is 4.11. The van der Waals surface area contributed by atoms with Crippen LogP contribution in [0.25, 0.3) is 21.5 Å². The molecule has 2 heterocycles. The topological polar surface area (TPSA) is 50.2 Å². The van der Waals surface area contributed by atoms with E-state index in [9.17, 15) is 14.3 Å². The number of carboxylic acid groups (broad SMARTS) is 1. The van der Waals surface area contributed by atoms with Crippen LogP contribution in [0.1, 0.15) is 15.9 Å². The smallest absolute Gasteiger partial charge is 0.336 e. The van der Waals surface area contributed by atoms with Gasteiger partial charge in [-0.3, -0.25) is 0 Å². The Bertz CT molecular complexity index is 826. The lowest BCUT2D eigenvalue weighted by atomic mass is 10.1. The van der Waals surface area contributed by atoms with E-state index in [4.69, 9.17) is 0 Å². The zero-order valence-electron chi connectivity index (χ0n) is 10.6. The van der Waals surface area contributed by atoms with E-state index < -0.39 is 11.8 Å². The van der Waals surface area contributed by atoms with E-state index in [0.717, 1.165) is 10.4 Å². The lowest BCUT2D eigenvalue weighted by Crippen LogP contribution is -2.00. The molecule has 0 fully saturated rings. The van der Waals surface area contributed by atoms with Crippen molar-refractivity contribution in [1.29, 1.82) is 0 Å². The molecule has 3 nitrogen and oxygen atoms in total. The Labute approximate surface area is 118 Å². The highest BCUT2D eigenvalue weighted by Gasteiger charge is 2.15. The molecule has 0 aliphatic rings. The number of nitrogens with zero attached hydrogens (tertiary/aromatic N) is 1. The van der Waals surface area contributed by atoms with Crippen molar-refractivity contribution in [2.75, 3.05) is 0 Å². The molecular weight excluding hydrogens is 277 g/mol. The van der Waals surface area contributed by atoms with Crippen molar-refractivity contribution in [2.45, 2.75) is 6.92 Å². The van der Waals surface area contributed by atoms with Gasteiger partial charge in [0.05, 0.1) is 21.7 Å². The highest BCUT2D eigenvalue weighted by atomic mass is 32.1. The fourth-order valence-corrected chi connectivity index (χ4v) is 3.01. The highest BCUT2D eigenvalue weighted by molar-refractivity contribution is 7.13. The third-order valence-electron chi connectivity index (χ3n) is 3.10. The number of carboxylic acids is 1. The first-order valence-corrected chi connectivity index (χ1v) is 6.82. The fraction of sp³-hybridized carbons (Fsp3) is 0.0667. The van der Waals surface area contributed by atoms with Crippen LogP contribution in [0.15, 0.2) is 35.7 Å². The molecule has 0 saturated heterocycles. The second-order valence-electron chi connectivity index (χ2n) is 4.45. The highest BCUT2D eigenvalue weighted by Crippen LogP contribution is 2.31. The van der Waals surface area contributed by atoms with Crippen molar-refractivity contribution in [1.82, 2.24) is 4.98 Å². The number of hydrogen-bond acceptors (Lipinski definition) is 3.